The summed E-state index contributed by atoms with van der Waals surface area (Å²) >= 11 is 0. The summed E-state index contributed by atoms with van der Waals surface area (Å²) in [5.41, 5.74) is -0.00349. The van der Waals surface area contributed by atoms with Crippen molar-refractivity contribution in [2.75, 3.05) is 23.9 Å². The van der Waals surface area contributed by atoms with Gasteiger partial charge in [0, 0.05) is 30.8 Å². The van der Waals surface area contributed by atoms with Gasteiger partial charge < -0.3 is 15.0 Å². The zero-order valence-electron chi connectivity index (χ0n) is 14.3. The molecule has 0 bridgehead atoms. The van der Waals surface area contributed by atoms with E-state index in [1.165, 1.54) is 12.0 Å². The molecule has 1 aliphatic heterocycles. The van der Waals surface area contributed by atoms with Gasteiger partial charge in [-0.15, -0.1) is 0 Å². The van der Waals surface area contributed by atoms with Crippen molar-refractivity contribution in [3.8, 4) is 5.75 Å². The minimum absolute atomic E-state index is 0.0333. The third-order valence-electron chi connectivity index (χ3n) is 4.30. The van der Waals surface area contributed by atoms with Crippen LogP contribution in [0.1, 0.15) is 6.42 Å². The molecule has 0 spiro atoms. The Bertz CT molecular complexity index is 900. The van der Waals surface area contributed by atoms with Crippen molar-refractivity contribution in [3.05, 3.63) is 58.4 Å². The number of carbonyl (C=O) groups is 2. The Morgan fingerprint density at radius 3 is 2.63 bits per heavy atom. The highest BCUT2D eigenvalue weighted by molar-refractivity contribution is 6.03. The number of non-ortho nitro benzene ring substituents is 1. The maximum absolute atomic E-state index is 13.8. The number of methoxy groups -OCH3 is 1. The molecule has 0 saturated carbocycles. The molecule has 3 rings (SSSR count). The predicted octanol–water partition coefficient (Wildman–Crippen LogP) is 2.73. The summed E-state index contributed by atoms with van der Waals surface area (Å²) < 4.78 is 18.9. The SMILES string of the molecule is COc1ccc(N2CC(C(=O)Nc3cc([N+](=O)[O-])ccc3F)CC2=O)cc1. The van der Waals surface area contributed by atoms with Crippen LogP contribution >= 0.6 is 0 Å². The highest BCUT2D eigenvalue weighted by Crippen LogP contribution is 2.28. The number of rotatable bonds is 5. The lowest BCUT2D eigenvalue weighted by Crippen LogP contribution is -2.28. The molecule has 2 aromatic rings. The lowest BCUT2D eigenvalue weighted by molar-refractivity contribution is -0.384. The molecule has 8 nitrogen and oxygen atoms in total. The van der Waals surface area contributed by atoms with Crippen LogP contribution in [-0.4, -0.2) is 30.4 Å². The van der Waals surface area contributed by atoms with E-state index >= 15 is 0 Å². The van der Waals surface area contributed by atoms with E-state index in [0.717, 1.165) is 18.2 Å². The summed E-state index contributed by atoms with van der Waals surface area (Å²) in [5, 5.41) is 13.1. The third kappa shape index (κ3) is 3.86. The second-order valence-electron chi connectivity index (χ2n) is 6.01. The Morgan fingerprint density at radius 1 is 1.30 bits per heavy atom. The van der Waals surface area contributed by atoms with Crippen molar-refractivity contribution in [2.45, 2.75) is 6.42 Å². The van der Waals surface area contributed by atoms with Gasteiger partial charge in [0.1, 0.15) is 11.6 Å². The van der Waals surface area contributed by atoms with Gasteiger partial charge in [0.05, 0.1) is 23.6 Å². The van der Waals surface area contributed by atoms with Crippen molar-refractivity contribution < 1.29 is 23.6 Å². The first-order valence-corrected chi connectivity index (χ1v) is 8.08. The largest absolute Gasteiger partial charge is 0.497 e. The molecule has 140 valence electrons. The molecule has 27 heavy (non-hydrogen) atoms. The van der Waals surface area contributed by atoms with Gasteiger partial charge in [-0.2, -0.15) is 0 Å². The Labute approximate surface area is 153 Å². The zero-order chi connectivity index (χ0) is 19.6. The van der Waals surface area contributed by atoms with Crippen LogP contribution in [0.25, 0.3) is 0 Å². The third-order valence-corrected chi connectivity index (χ3v) is 4.30. The first-order chi connectivity index (χ1) is 12.9. The van der Waals surface area contributed by atoms with Crippen LogP contribution in [0.3, 0.4) is 0 Å². The fraction of sp³-hybridized carbons (Fsp3) is 0.222. The number of benzene rings is 2. The monoisotopic (exact) mass is 373 g/mol. The summed E-state index contributed by atoms with van der Waals surface area (Å²) in [6, 6.07) is 9.69. The fourth-order valence-electron chi connectivity index (χ4n) is 2.85. The molecule has 0 aliphatic carbocycles. The van der Waals surface area contributed by atoms with Crippen molar-refractivity contribution in [1.29, 1.82) is 0 Å². The summed E-state index contributed by atoms with van der Waals surface area (Å²) in [6.07, 6.45) is -0.0333. The van der Waals surface area contributed by atoms with E-state index in [4.69, 9.17) is 4.74 Å². The van der Waals surface area contributed by atoms with Crippen LogP contribution in [0, 0.1) is 21.8 Å². The minimum atomic E-state index is -0.787. The number of anilines is 2. The van der Waals surface area contributed by atoms with Crippen molar-refractivity contribution in [1.82, 2.24) is 0 Å². The average Bonchev–Trinajstić information content (AvgIpc) is 3.05. The quantitative estimate of drug-likeness (QED) is 0.641. The predicted molar refractivity (Wildman–Crippen MR) is 95.1 cm³/mol. The van der Waals surface area contributed by atoms with Gasteiger partial charge >= 0.3 is 0 Å². The molecule has 1 atom stereocenters. The van der Waals surface area contributed by atoms with Gasteiger partial charge in [-0.3, -0.25) is 19.7 Å². The summed E-state index contributed by atoms with van der Waals surface area (Å²) in [6.45, 7) is 0.132. The molecule has 2 aromatic carbocycles. The number of carbonyl (C=O) groups excluding carboxylic acids is 2. The number of halogens is 1. The summed E-state index contributed by atoms with van der Waals surface area (Å²) in [5.74, 6) is -1.65. The van der Waals surface area contributed by atoms with Crippen molar-refractivity contribution >= 4 is 28.9 Å². The first kappa shape index (κ1) is 18.3. The second-order valence-corrected chi connectivity index (χ2v) is 6.01. The summed E-state index contributed by atoms with van der Waals surface area (Å²) in [7, 11) is 1.53. The van der Waals surface area contributed by atoms with E-state index in [2.05, 4.69) is 5.32 Å². The van der Waals surface area contributed by atoms with E-state index in [9.17, 15) is 24.1 Å². The Morgan fingerprint density at radius 2 is 2.00 bits per heavy atom. The van der Waals surface area contributed by atoms with E-state index in [1.807, 2.05) is 0 Å². The summed E-state index contributed by atoms with van der Waals surface area (Å²) in [4.78, 5) is 36.3. The minimum Gasteiger partial charge on any atom is -0.497 e. The van der Waals surface area contributed by atoms with E-state index in [1.54, 1.807) is 24.3 Å². The number of nitro benzene ring substituents is 1. The highest BCUT2D eigenvalue weighted by atomic mass is 19.1. The molecule has 1 unspecified atom stereocenters. The number of hydrogen-bond acceptors (Lipinski definition) is 5. The molecule has 2 amide bonds. The smallest absolute Gasteiger partial charge is 0.271 e. The van der Waals surface area contributed by atoms with E-state index in [-0.39, 0.29) is 30.2 Å². The van der Waals surface area contributed by atoms with Gasteiger partial charge in [-0.05, 0) is 30.3 Å². The van der Waals surface area contributed by atoms with Crippen LogP contribution in [0.4, 0.5) is 21.5 Å². The lowest BCUT2D eigenvalue weighted by Gasteiger charge is -2.17. The van der Waals surface area contributed by atoms with Crippen LogP contribution in [0.2, 0.25) is 0 Å². The molecule has 0 aromatic heterocycles. The first-order valence-electron chi connectivity index (χ1n) is 8.08. The standard InChI is InChI=1S/C18H16FN3O5/c1-27-14-5-2-12(3-6-14)21-10-11(8-17(21)23)18(24)20-16-9-13(22(25)26)4-7-15(16)19/h2-7,9,11H,8,10H2,1H3,(H,20,24). The molecule has 9 heteroatoms. The second kappa shape index (κ2) is 7.40. The Balaban J connectivity index is 1.72. The van der Waals surface area contributed by atoms with Crippen LogP contribution in [0.15, 0.2) is 42.5 Å². The average molecular weight is 373 g/mol. The topological polar surface area (TPSA) is 102 Å². The van der Waals surface area contributed by atoms with Gasteiger partial charge in [0.2, 0.25) is 11.8 Å². The molecule has 1 heterocycles. The van der Waals surface area contributed by atoms with Gasteiger partial charge in [-0.1, -0.05) is 0 Å². The number of nitrogens with zero attached hydrogens (tertiary/aromatic N) is 2. The van der Waals surface area contributed by atoms with Crippen LogP contribution in [-0.2, 0) is 9.59 Å². The molecule has 1 aliphatic rings. The molecule has 1 N–H and O–H groups in total. The zero-order valence-corrected chi connectivity index (χ0v) is 14.3. The van der Waals surface area contributed by atoms with E-state index < -0.39 is 22.6 Å². The lowest BCUT2D eigenvalue weighted by atomic mass is 10.1. The molecule has 1 fully saturated rings. The number of amides is 2. The number of nitrogens with one attached hydrogen (secondary N) is 1. The maximum Gasteiger partial charge on any atom is 0.271 e. The normalized spacial score (nSPS) is 16.3. The van der Waals surface area contributed by atoms with Crippen molar-refractivity contribution in [3.63, 3.8) is 0 Å². The highest BCUT2D eigenvalue weighted by Gasteiger charge is 2.35. The van der Waals surface area contributed by atoms with Gasteiger partial charge in [-0.25, -0.2) is 4.39 Å². The molecule has 1 saturated heterocycles. The van der Waals surface area contributed by atoms with Gasteiger partial charge in [0.15, 0.2) is 0 Å². The number of ether oxygens (including phenoxy) is 1. The fourth-order valence-corrected chi connectivity index (χ4v) is 2.85. The van der Waals surface area contributed by atoms with Crippen LogP contribution in [0.5, 0.6) is 5.75 Å². The molecule has 0 radical (unpaired) electrons. The molecular weight excluding hydrogens is 357 g/mol. The van der Waals surface area contributed by atoms with E-state index in [0.29, 0.717) is 11.4 Å². The Kier molecular flexibility index (Phi) is 5.02. The van der Waals surface area contributed by atoms with Gasteiger partial charge in [0.25, 0.3) is 5.69 Å². The number of hydrogen-bond donors (Lipinski definition) is 1. The molecular formula is C18H16FN3O5. The Hall–Kier alpha value is -3.49. The van der Waals surface area contributed by atoms with Crippen LogP contribution < -0.4 is 15.0 Å². The number of nitro groups is 1. The maximum atomic E-state index is 13.8. The van der Waals surface area contributed by atoms with Crippen molar-refractivity contribution in [2.24, 2.45) is 5.92 Å².